The first-order valence-corrected chi connectivity index (χ1v) is 9.37. The zero-order valence-corrected chi connectivity index (χ0v) is 18.9. The summed E-state index contributed by atoms with van der Waals surface area (Å²) in [7, 11) is 6.87. The number of hydrogen-bond acceptors (Lipinski definition) is 7. The number of carbonyl (C=O) groups is 2. The zero-order chi connectivity index (χ0) is 20.0. The Morgan fingerprint density at radius 1 is 1.15 bits per heavy atom. The standard InChI is InChI=1S/C7H15NO2S.C5H9NO.C2H6OS.Al.B.FH.HN.H2/c1-8(2)7(10)3-5-11-6-4-9;1-4-5(7)6(2)3;3-1-2-4;;;;;/h9H,3-6H2,1-2H3;4H,1H2,2-3H3;3-4H,1-2H2;;;3*1H/i;;;;;;;1+2. The summed E-state index contributed by atoms with van der Waals surface area (Å²) < 4.78 is 5.67. The van der Waals surface area contributed by atoms with Crippen molar-refractivity contribution in [1.82, 2.24) is 9.80 Å². The monoisotopic (exact) mass is 431 g/mol. The molecule has 2 amide bonds. The number of nitrogens with one attached hydrogen (secondary N) is 1. The Labute approximate surface area is 178 Å². The molecule has 0 unspecified atom stereocenters. The molecule has 0 heterocycles. The number of thioether (sulfide) groups is 1. The molecular weight excluding hydrogens is 395 g/mol. The van der Waals surface area contributed by atoms with Crippen molar-refractivity contribution in [1.29, 1.82) is 4.35 Å². The van der Waals surface area contributed by atoms with Gasteiger partial charge in [-0.05, 0) is 6.08 Å². The number of aliphatic hydroxyl groups excluding tert-OH is 2. The molecule has 0 aromatic rings. The Kier molecular flexibility index (Phi) is 55.4. The van der Waals surface area contributed by atoms with Gasteiger partial charge in [-0.3, -0.25) is 14.3 Å². The van der Waals surface area contributed by atoms with Crippen molar-refractivity contribution in [2.45, 2.75) is 6.42 Å². The van der Waals surface area contributed by atoms with Crippen molar-refractivity contribution in [3.63, 3.8) is 0 Å². The normalized spacial score (nSPS) is 7.46. The molecule has 0 fully saturated rings. The van der Waals surface area contributed by atoms with Gasteiger partial charge in [-0.1, -0.05) is 6.58 Å². The quantitative estimate of drug-likeness (QED) is 0.201. The van der Waals surface area contributed by atoms with Gasteiger partial charge in [0.25, 0.3) is 0 Å². The average molecular weight is 431 g/mol. The first-order chi connectivity index (χ1) is 11.3. The van der Waals surface area contributed by atoms with Gasteiger partial charge in [0.1, 0.15) is 0 Å². The number of hydrogen-bond donors (Lipinski definition) is 4. The third-order valence-electron chi connectivity index (χ3n) is 1.91. The van der Waals surface area contributed by atoms with Gasteiger partial charge in [-0.2, -0.15) is 24.4 Å². The van der Waals surface area contributed by atoms with Crippen LogP contribution in [-0.4, -0.2) is 115 Å². The zero-order valence-electron chi connectivity index (χ0n) is 16.1. The number of carbonyl (C=O) groups excluding carboxylic acids is 2. The fourth-order valence-corrected chi connectivity index (χ4v) is 1.38. The molecule has 0 aliphatic heterocycles. The number of likely N-dealkylation sites (N-methyl/N-ethyl adjacent to an activating group) is 1. The first kappa shape index (κ1) is 40.3. The van der Waals surface area contributed by atoms with Crippen LogP contribution in [0.1, 0.15) is 7.85 Å². The number of halogens is 1. The second-order valence-corrected chi connectivity index (χ2v) is 5.93. The van der Waals surface area contributed by atoms with E-state index in [1.807, 2.05) is 0 Å². The van der Waals surface area contributed by atoms with Crippen LogP contribution in [0.4, 0.5) is 4.70 Å². The Hall–Kier alpha value is -0.373. The van der Waals surface area contributed by atoms with Crippen LogP contribution in [0.5, 0.6) is 0 Å². The SMILES string of the molecule is C=CC(=O)N(C)C.CN(C)C(=O)CCSCCO.F.OCCS.[3HH].[B].[NH]=[Al]. The van der Waals surface area contributed by atoms with Gasteiger partial charge >= 0.3 is 20.4 Å². The molecule has 0 saturated carbocycles. The molecule has 12 heteroatoms. The van der Waals surface area contributed by atoms with E-state index in [-0.39, 0.29) is 39.6 Å². The molecule has 0 aromatic heterocycles. The van der Waals surface area contributed by atoms with E-state index in [2.05, 4.69) is 19.2 Å². The summed E-state index contributed by atoms with van der Waals surface area (Å²) in [5.41, 5.74) is 0. The molecule has 7 nitrogen and oxygen atoms in total. The fraction of sp³-hybridized carbons (Fsp3) is 0.714. The summed E-state index contributed by atoms with van der Waals surface area (Å²) in [5.74, 6) is 2.19. The predicted molar refractivity (Wildman–Crippen MR) is 116 cm³/mol. The van der Waals surface area contributed by atoms with Crippen molar-refractivity contribution in [3.05, 3.63) is 12.7 Å². The van der Waals surface area contributed by atoms with E-state index in [0.717, 1.165) is 11.5 Å². The summed E-state index contributed by atoms with van der Waals surface area (Å²) in [5, 5.41) is 16.2. The first-order valence-electron chi connectivity index (χ1n) is 7.01. The van der Waals surface area contributed by atoms with Gasteiger partial charge in [0.05, 0.1) is 13.2 Å². The van der Waals surface area contributed by atoms with Gasteiger partial charge in [-0.25, -0.2) is 0 Å². The Balaban J connectivity index is -0.0000000438. The molecule has 4 radical (unpaired) electrons. The number of aliphatic hydroxyl groups is 2. The summed E-state index contributed by atoms with van der Waals surface area (Å²) in [6.07, 6.45) is 1.84. The van der Waals surface area contributed by atoms with Crippen molar-refractivity contribution in [3.8, 4) is 0 Å². The maximum absolute atomic E-state index is 11.0. The molecule has 0 saturated heterocycles. The maximum atomic E-state index is 11.0. The van der Waals surface area contributed by atoms with E-state index in [0.29, 0.717) is 12.2 Å². The minimum absolute atomic E-state index is 0. The molecule has 0 aliphatic carbocycles. The van der Waals surface area contributed by atoms with Crippen LogP contribution < -0.4 is 0 Å². The van der Waals surface area contributed by atoms with E-state index < -0.39 is 0 Å². The summed E-state index contributed by atoms with van der Waals surface area (Å²) in [4.78, 5) is 24.3. The van der Waals surface area contributed by atoms with Crippen molar-refractivity contribution in [2.75, 3.05) is 58.7 Å². The van der Waals surface area contributed by atoms with E-state index in [4.69, 9.17) is 14.6 Å². The Morgan fingerprint density at radius 3 is 1.77 bits per heavy atom. The van der Waals surface area contributed by atoms with Crippen LogP contribution in [0.2, 0.25) is 0 Å². The van der Waals surface area contributed by atoms with Crippen molar-refractivity contribution < 1.29 is 25.9 Å². The predicted octanol–water partition coefficient (Wildman–Crippen LogP) is 0.294. The number of nitrogens with zero attached hydrogens (tertiary/aromatic N) is 2. The van der Waals surface area contributed by atoms with Crippen LogP contribution in [0.25, 0.3) is 0 Å². The molecule has 0 spiro atoms. The summed E-state index contributed by atoms with van der Waals surface area (Å²) in [6, 6.07) is 0. The molecule has 0 rings (SSSR count). The van der Waals surface area contributed by atoms with Gasteiger partial charge in [-0.15, -0.1) is 0 Å². The molecule has 0 bridgehead atoms. The molecule has 0 atom stereocenters. The van der Waals surface area contributed by atoms with Crippen LogP contribution in [-0.2, 0) is 9.59 Å². The van der Waals surface area contributed by atoms with E-state index in [1.54, 1.807) is 60.9 Å². The van der Waals surface area contributed by atoms with E-state index in [9.17, 15) is 9.59 Å². The number of thiol groups is 1. The van der Waals surface area contributed by atoms with Crippen LogP contribution in [0.15, 0.2) is 12.7 Å². The fourth-order valence-electron chi connectivity index (χ4n) is 0.732. The molecule has 0 aliphatic rings. The number of rotatable bonds is 7. The molecule has 26 heavy (non-hydrogen) atoms. The minimum atomic E-state index is -0.0556. The van der Waals surface area contributed by atoms with E-state index in [1.165, 1.54) is 11.0 Å². The molecule has 154 valence electrons. The topological polar surface area (TPSA) is 105 Å². The van der Waals surface area contributed by atoms with E-state index >= 15 is 0 Å². The average Bonchev–Trinajstić information content (AvgIpc) is 2.60. The van der Waals surface area contributed by atoms with Gasteiger partial charge in [0.2, 0.25) is 11.8 Å². The van der Waals surface area contributed by atoms with Crippen molar-refractivity contribution in [2.24, 2.45) is 0 Å². The Bertz CT molecular complexity index is 326. The summed E-state index contributed by atoms with van der Waals surface area (Å²) >= 11 is 6.94. The second kappa shape index (κ2) is 35.7. The number of amides is 2. The van der Waals surface area contributed by atoms with Gasteiger partial charge in [0, 0.05) is 61.7 Å². The van der Waals surface area contributed by atoms with Crippen LogP contribution in [0.3, 0.4) is 0 Å². The van der Waals surface area contributed by atoms with Crippen LogP contribution in [0, 0.1) is 4.35 Å². The van der Waals surface area contributed by atoms with Crippen molar-refractivity contribution >= 4 is 60.7 Å². The van der Waals surface area contributed by atoms with Gasteiger partial charge in [0.15, 0.2) is 0 Å². The second-order valence-electron chi connectivity index (χ2n) is 4.26. The van der Waals surface area contributed by atoms with Gasteiger partial charge < -0.3 is 20.0 Å². The summed E-state index contributed by atoms with van der Waals surface area (Å²) in [6.45, 7) is 3.67. The Morgan fingerprint density at radius 2 is 1.58 bits per heavy atom. The van der Waals surface area contributed by atoms with Crippen LogP contribution >= 0.6 is 24.4 Å². The third kappa shape index (κ3) is 43.8. The molecular formula is C14H34AlBFN3O4S2. The molecule has 0 aromatic carbocycles. The third-order valence-corrected chi connectivity index (χ3v) is 3.07. The molecule has 3 N–H and O–H groups in total.